The molecule has 98 valence electrons. The predicted molar refractivity (Wildman–Crippen MR) is 71.6 cm³/mol. The summed E-state index contributed by atoms with van der Waals surface area (Å²) in [6, 6.07) is 6.01. The molecule has 0 unspecified atom stereocenters. The van der Waals surface area contributed by atoms with Gasteiger partial charge in [-0.3, -0.25) is 0 Å². The van der Waals surface area contributed by atoms with Gasteiger partial charge >= 0.3 is 0 Å². The van der Waals surface area contributed by atoms with Crippen molar-refractivity contribution in [3.05, 3.63) is 34.9 Å². The van der Waals surface area contributed by atoms with E-state index < -0.39 is 5.91 Å². The molecule has 4 nitrogen and oxygen atoms in total. The van der Waals surface area contributed by atoms with Gasteiger partial charge in [-0.05, 0) is 11.0 Å². The summed E-state index contributed by atoms with van der Waals surface area (Å²) in [5, 5.41) is 0. The first-order valence-corrected chi connectivity index (χ1v) is 5.95. The first-order valence-electron chi connectivity index (χ1n) is 5.95. The number of amidine groups is 1. The Balaban J connectivity index is 2.75. The molecule has 0 radical (unpaired) electrons. The number of hydrogen-bond acceptors (Lipinski definition) is 4. The van der Waals surface area contributed by atoms with Crippen molar-refractivity contribution >= 4 is 5.84 Å². The van der Waals surface area contributed by atoms with Crippen LogP contribution in [0.25, 0.3) is 0 Å². The first kappa shape index (κ1) is 13.1. The van der Waals surface area contributed by atoms with Gasteiger partial charge in [0.25, 0.3) is 5.91 Å². The molecule has 0 aromatic heterocycles. The number of benzene rings is 1. The van der Waals surface area contributed by atoms with Gasteiger partial charge in [0.05, 0.1) is 5.56 Å². The van der Waals surface area contributed by atoms with E-state index in [4.69, 9.17) is 15.2 Å². The third kappa shape index (κ3) is 1.72. The Hall–Kier alpha value is -1.39. The van der Waals surface area contributed by atoms with Crippen molar-refractivity contribution in [1.82, 2.24) is 0 Å². The molecular weight excluding hydrogens is 228 g/mol. The van der Waals surface area contributed by atoms with Crippen molar-refractivity contribution in [2.24, 2.45) is 10.7 Å². The van der Waals surface area contributed by atoms with Crippen molar-refractivity contribution in [1.29, 1.82) is 0 Å². The van der Waals surface area contributed by atoms with E-state index in [1.165, 1.54) is 0 Å². The number of nitrogens with two attached hydrogens (primary N) is 1. The minimum atomic E-state index is -1.11. The molecule has 0 saturated carbocycles. The summed E-state index contributed by atoms with van der Waals surface area (Å²) in [6.45, 7) is 6.44. The molecule has 18 heavy (non-hydrogen) atoms. The van der Waals surface area contributed by atoms with Gasteiger partial charge < -0.3 is 15.2 Å². The first-order chi connectivity index (χ1) is 8.35. The molecule has 0 saturated heterocycles. The zero-order valence-corrected chi connectivity index (χ0v) is 11.6. The molecule has 1 heterocycles. The fourth-order valence-corrected chi connectivity index (χ4v) is 2.38. The van der Waals surface area contributed by atoms with Gasteiger partial charge in [0.15, 0.2) is 0 Å². The second kappa shape index (κ2) is 4.07. The molecule has 1 aromatic carbocycles. The molecule has 0 fully saturated rings. The van der Waals surface area contributed by atoms with Gasteiger partial charge in [-0.2, -0.15) is 0 Å². The molecule has 0 spiro atoms. The minimum Gasteiger partial charge on any atom is -0.383 e. The lowest BCUT2D eigenvalue weighted by atomic mass is 9.81. The summed E-state index contributed by atoms with van der Waals surface area (Å²) in [6.07, 6.45) is 0. The standard InChI is InChI=1S/C14H20N2O2/c1-13(2,3)10-8-6-7-9-11(10)14(17-4,18-5)16-12(9)15/h6-8H,1-5H3,(H2,15,16). The third-order valence-corrected chi connectivity index (χ3v) is 3.29. The lowest BCUT2D eigenvalue weighted by Crippen LogP contribution is -2.30. The second-order valence-electron chi connectivity index (χ2n) is 5.47. The maximum Gasteiger partial charge on any atom is 0.300 e. The fraction of sp³-hybridized carbons (Fsp3) is 0.500. The minimum absolute atomic E-state index is 0.0339. The third-order valence-electron chi connectivity index (χ3n) is 3.29. The monoisotopic (exact) mass is 248 g/mol. The maximum atomic E-state index is 5.98. The summed E-state index contributed by atoms with van der Waals surface area (Å²) >= 11 is 0. The summed E-state index contributed by atoms with van der Waals surface area (Å²) in [5.41, 5.74) is 8.88. The molecule has 2 N–H and O–H groups in total. The van der Waals surface area contributed by atoms with E-state index in [1.54, 1.807) is 14.2 Å². The van der Waals surface area contributed by atoms with E-state index in [-0.39, 0.29) is 5.41 Å². The molecular formula is C14H20N2O2. The number of rotatable bonds is 2. The van der Waals surface area contributed by atoms with Crippen LogP contribution < -0.4 is 5.73 Å². The van der Waals surface area contributed by atoms with Crippen LogP contribution in [0.15, 0.2) is 23.2 Å². The number of hydrogen-bond donors (Lipinski definition) is 1. The molecule has 1 aliphatic heterocycles. The van der Waals surface area contributed by atoms with Gasteiger partial charge in [-0.25, -0.2) is 4.99 Å². The van der Waals surface area contributed by atoms with Crippen LogP contribution in [0.1, 0.15) is 37.5 Å². The molecule has 2 rings (SSSR count). The van der Waals surface area contributed by atoms with E-state index in [1.807, 2.05) is 12.1 Å². The molecule has 1 aliphatic rings. The maximum absolute atomic E-state index is 5.98. The van der Waals surface area contributed by atoms with Crippen molar-refractivity contribution < 1.29 is 9.47 Å². The number of methoxy groups -OCH3 is 2. The van der Waals surface area contributed by atoms with Crippen LogP contribution in [-0.4, -0.2) is 20.1 Å². The van der Waals surface area contributed by atoms with Crippen molar-refractivity contribution in [2.45, 2.75) is 32.1 Å². The Labute approximate surface area is 108 Å². The number of ether oxygens (including phenoxy) is 2. The summed E-state index contributed by atoms with van der Waals surface area (Å²) < 4.78 is 11.0. The van der Waals surface area contributed by atoms with Crippen molar-refractivity contribution in [3.8, 4) is 0 Å². The zero-order chi connectivity index (χ0) is 13.6. The van der Waals surface area contributed by atoms with Gasteiger partial charge in [-0.15, -0.1) is 0 Å². The van der Waals surface area contributed by atoms with Crippen LogP contribution in [0.2, 0.25) is 0 Å². The van der Waals surface area contributed by atoms with Crippen LogP contribution in [-0.2, 0) is 20.8 Å². The number of nitrogens with zero attached hydrogens (tertiary/aromatic N) is 1. The van der Waals surface area contributed by atoms with Crippen LogP contribution >= 0.6 is 0 Å². The highest BCUT2D eigenvalue weighted by Crippen LogP contribution is 2.42. The van der Waals surface area contributed by atoms with E-state index >= 15 is 0 Å². The van der Waals surface area contributed by atoms with Crippen molar-refractivity contribution in [3.63, 3.8) is 0 Å². The fourth-order valence-electron chi connectivity index (χ4n) is 2.38. The summed E-state index contributed by atoms with van der Waals surface area (Å²) in [5.74, 6) is -0.650. The van der Waals surface area contributed by atoms with Crippen LogP contribution in [0.4, 0.5) is 0 Å². The average molecular weight is 248 g/mol. The number of aliphatic imine (C=N–C) groups is 1. The molecule has 1 aromatic rings. The zero-order valence-electron chi connectivity index (χ0n) is 11.6. The highest BCUT2D eigenvalue weighted by molar-refractivity contribution is 6.02. The van der Waals surface area contributed by atoms with Gasteiger partial charge in [0.1, 0.15) is 5.84 Å². The van der Waals surface area contributed by atoms with Gasteiger partial charge in [0.2, 0.25) is 0 Å². The largest absolute Gasteiger partial charge is 0.383 e. The SMILES string of the molecule is COC1(OC)N=C(N)c2cccc(C(C)(C)C)c21. The van der Waals surface area contributed by atoms with Crippen LogP contribution in [0, 0.1) is 0 Å². The Morgan fingerprint density at radius 1 is 1.17 bits per heavy atom. The summed E-state index contributed by atoms with van der Waals surface area (Å²) in [4.78, 5) is 4.35. The lowest BCUT2D eigenvalue weighted by molar-refractivity contribution is -0.207. The topological polar surface area (TPSA) is 56.8 Å². The Morgan fingerprint density at radius 3 is 2.28 bits per heavy atom. The Kier molecular flexibility index (Phi) is 2.95. The van der Waals surface area contributed by atoms with E-state index in [0.717, 1.165) is 16.7 Å². The second-order valence-corrected chi connectivity index (χ2v) is 5.47. The molecule has 0 atom stereocenters. The van der Waals surface area contributed by atoms with E-state index in [2.05, 4.69) is 31.8 Å². The Bertz CT molecular complexity index is 497. The highest BCUT2D eigenvalue weighted by atomic mass is 16.7. The number of fused-ring (bicyclic) bond motifs is 1. The lowest BCUT2D eigenvalue weighted by Gasteiger charge is -2.30. The van der Waals surface area contributed by atoms with Gasteiger partial charge in [-0.1, -0.05) is 39.0 Å². The Morgan fingerprint density at radius 2 is 1.78 bits per heavy atom. The van der Waals surface area contributed by atoms with Gasteiger partial charge in [0, 0.05) is 19.8 Å². The van der Waals surface area contributed by atoms with Crippen molar-refractivity contribution in [2.75, 3.05) is 14.2 Å². The van der Waals surface area contributed by atoms with Crippen LogP contribution in [0.3, 0.4) is 0 Å². The molecule has 0 bridgehead atoms. The normalized spacial score (nSPS) is 17.5. The molecule has 0 aliphatic carbocycles. The van der Waals surface area contributed by atoms with Crippen LogP contribution in [0.5, 0.6) is 0 Å². The van der Waals surface area contributed by atoms with E-state index in [0.29, 0.717) is 5.84 Å². The molecule has 0 amide bonds. The summed E-state index contributed by atoms with van der Waals surface area (Å²) in [7, 11) is 3.16. The quantitative estimate of drug-likeness (QED) is 0.815. The average Bonchev–Trinajstić information content (AvgIpc) is 2.62. The highest BCUT2D eigenvalue weighted by Gasteiger charge is 2.44. The molecule has 4 heteroatoms. The predicted octanol–water partition coefficient (Wildman–Crippen LogP) is 2.11. The van der Waals surface area contributed by atoms with E-state index in [9.17, 15) is 0 Å². The smallest absolute Gasteiger partial charge is 0.300 e.